The minimum atomic E-state index is -4.40. The summed E-state index contributed by atoms with van der Waals surface area (Å²) < 4.78 is 38.4. The van der Waals surface area contributed by atoms with E-state index in [1.165, 1.54) is 12.1 Å². The molecular weight excluding hydrogens is 469 g/mol. The molecule has 3 aromatic carbocycles. The maximum absolute atomic E-state index is 12.8. The third kappa shape index (κ3) is 6.67. The van der Waals surface area contributed by atoms with E-state index < -0.39 is 17.3 Å². The van der Waals surface area contributed by atoms with Gasteiger partial charge in [0.05, 0.1) is 25.2 Å². The van der Waals surface area contributed by atoms with Gasteiger partial charge in [-0.2, -0.15) is 13.2 Å². The minimum Gasteiger partial charge on any atom is -0.384 e. The Kier molecular flexibility index (Phi) is 8.44. The summed E-state index contributed by atoms with van der Waals surface area (Å²) in [6.45, 7) is 4.89. The molecule has 6 N–H and O–H groups in total. The second-order valence-electron chi connectivity index (χ2n) is 8.24. The predicted octanol–water partition coefficient (Wildman–Crippen LogP) is 4.52. The lowest BCUT2D eigenvalue weighted by atomic mass is 9.93. The van der Waals surface area contributed by atoms with Crippen molar-refractivity contribution in [3.63, 3.8) is 0 Å². The third-order valence-electron chi connectivity index (χ3n) is 5.48. The molecule has 1 aliphatic heterocycles. The largest absolute Gasteiger partial charge is 0.416 e. The fourth-order valence-corrected chi connectivity index (χ4v) is 3.83. The van der Waals surface area contributed by atoms with Gasteiger partial charge in [0, 0.05) is 22.6 Å². The van der Waals surface area contributed by atoms with E-state index in [1.54, 1.807) is 24.3 Å². The molecule has 4 rings (SSSR count). The first kappa shape index (κ1) is 26.8. The molecule has 36 heavy (non-hydrogen) atoms. The number of alkyl halides is 3. The van der Waals surface area contributed by atoms with Crippen LogP contribution in [0.25, 0.3) is 0 Å². The van der Waals surface area contributed by atoms with Crippen molar-refractivity contribution in [2.45, 2.75) is 25.6 Å². The van der Waals surface area contributed by atoms with Crippen LogP contribution in [0.15, 0.2) is 84.0 Å². The number of aliphatic hydroxyl groups is 1. The molecule has 0 atom stereocenters. The van der Waals surface area contributed by atoms with E-state index in [0.29, 0.717) is 30.0 Å². The second kappa shape index (κ2) is 11.3. The Morgan fingerprint density at radius 1 is 1.00 bits per heavy atom. The van der Waals surface area contributed by atoms with E-state index in [4.69, 9.17) is 11.6 Å². The van der Waals surface area contributed by atoms with Gasteiger partial charge in [-0.05, 0) is 48.5 Å². The van der Waals surface area contributed by atoms with Crippen molar-refractivity contribution in [1.29, 1.82) is 0 Å². The number of nitrogens with one attached hydrogen (secondary N) is 1. The van der Waals surface area contributed by atoms with Crippen molar-refractivity contribution >= 4 is 22.9 Å². The number of hydrogen-bond acceptors (Lipinski definition) is 6. The van der Waals surface area contributed by atoms with Crippen LogP contribution < -0.4 is 21.8 Å². The lowest BCUT2D eigenvalue weighted by molar-refractivity contribution is -0.137. The average molecular weight is 501 g/mol. The summed E-state index contributed by atoms with van der Waals surface area (Å²) in [6, 6.07) is 21.4. The molecule has 10 heteroatoms. The third-order valence-corrected chi connectivity index (χ3v) is 5.48. The molecule has 0 aromatic heterocycles. The Balaban J connectivity index is 0.00000176. The number of hydrazone groups is 1. The van der Waals surface area contributed by atoms with Gasteiger partial charge in [0.25, 0.3) is 0 Å². The zero-order chi connectivity index (χ0) is 26.3. The Hall–Kier alpha value is -3.76. The standard InChI is InChI=1S/C24H25F3N6O.C2H6/c25-24(26,27)17-10-12-18(13-11-17)30-21-9-5-4-8-20(21)22(28)31-33(29)16-23(34)14-32(15-23)19-6-2-1-3-7-19;1-2/h1-13,30,34H,14-16,29H2,(H2,28,31);1-2H3. The highest BCUT2D eigenvalue weighted by molar-refractivity contribution is 6.02. The Morgan fingerprint density at radius 2 is 1.58 bits per heavy atom. The molecule has 1 fully saturated rings. The van der Waals surface area contributed by atoms with Gasteiger partial charge in [-0.25, -0.2) is 11.0 Å². The molecule has 0 aliphatic carbocycles. The van der Waals surface area contributed by atoms with E-state index in [1.807, 2.05) is 49.1 Å². The maximum atomic E-state index is 12.8. The first-order chi connectivity index (χ1) is 17.1. The second-order valence-corrected chi connectivity index (χ2v) is 8.24. The van der Waals surface area contributed by atoms with Crippen molar-refractivity contribution in [2.75, 3.05) is 29.9 Å². The van der Waals surface area contributed by atoms with Crippen LogP contribution in [-0.2, 0) is 6.18 Å². The van der Waals surface area contributed by atoms with Crippen LogP contribution >= 0.6 is 0 Å². The monoisotopic (exact) mass is 500 g/mol. The number of rotatable bonds is 7. The molecule has 192 valence electrons. The molecule has 0 bridgehead atoms. The van der Waals surface area contributed by atoms with Crippen molar-refractivity contribution in [3.05, 3.63) is 90.0 Å². The summed E-state index contributed by atoms with van der Waals surface area (Å²) in [5.74, 6) is 6.11. The molecule has 1 aliphatic rings. The van der Waals surface area contributed by atoms with Crippen LogP contribution in [0.2, 0.25) is 0 Å². The molecule has 0 unspecified atom stereocenters. The van der Waals surface area contributed by atoms with Gasteiger partial charge in [0.2, 0.25) is 0 Å². The summed E-state index contributed by atoms with van der Waals surface area (Å²) in [4.78, 5) is 2.03. The highest BCUT2D eigenvalue weighted by Crippen LogP contribution is 2.31. The Bertz CT molecular complexity index is 1150. The molecule has 3 aromatic rings. The molecule has 0 amide bonds. The minimum absolute atomic E-state index is 0.0749. The number of hydrazine groups is 1. The number of para-hydroxylation sites is 2. The van der Waals surface area contributed by atoms with Gasteiger partial charge in [-0.1, -0.05) is 44.2 Å². The highest BCUT2D eigenvalue weighted by Gasteiger charge is 2.42. The molecule has 7 nitrogen and oxygen atoms in total. The maximum Gasteiger partial charge on any atom is 0.416 e. The lowest BCUT2D eigenvalue weighted by Gasteiger charge is -2.48. The van der Waals surface area contributed by atoms with Crippen LogP contribution in [0.1, 0.15) is 25.0 Å². The topological polar surface area (TPSA) is 103 Å². The first-order valence-corrected chi connectivity index (χ1v) is 11.6. The van der Waals surface area contributed by atoms with E-state index in [9.17, 15) is 18.3 Å². The number of nitrogens with two attached hydrogens (primary N) is 2. The van der Waals surface area contributed by atoms with Gasteiger partial charge < -0.3 is 21.1 Å². The molecular formula is C26H31F3N6O. The van der Waals surface area contributed by atoms with Crippen LogP contribution in [0.5, 0.6) is 0 Å². The van der Waals surface area contributed by atoms with E-state index in [-0.39, 0.29) is 12.4 Å². The summed E-state index contributed by atoms with van der Waals surface area (Å²) >= 11 is 0. The molecule has 0 spiro atoms. The van der Waals surface area contributed by atoms with Gasteiger partial charge in [0.15, 0.2) is 5.84 Å². The van der Waals surface area contributed by atoms with Crippen molar-refractivity contribution in [3.8, 4) is 0 Å². The van der Waals surface area contributed by atoms with Crippen molar-refractivity contribution in [1.82, 2.24) is 5.12 Å². The normalized spacial score (nSPS) is 14.9. The van der Waals surface area contributed by atoms with Crippen LogP contribution in [0, 0.1) is 0 Å². The SMILES string of the molecule is CC.N/C(=N\N(N)CC1(O)CN(c2ccccc2)C1)c1ccccc1Nc1ccc(C(F)(F)F)cc1. The number of nitrogens with zero attached hydrogens (tertiary/aromatic N) is 3. The van der Waals surface area contributed by atoms with Crippen molar-refractivity contribution < 1.29 is 18.3 Å². The smallest absolute Gasteiger partial charge is 0.384 e. The van der Waals surface area contributed by atoms with E-state index >= 15 is 0 Å². The predicted molar refractivity (Wildman–Crippen MR) is 138 cm³/mol. The van der Waals surface area contributed by atoms with E-state index in [0.717, 1.165) is 22.9 Å². The number of anilines is 3. The zero-order valence-electron chi connectivity index (χ0n) is 20.2. The van der Waals surface area contributed by atoms with Gasteiger partial charge in [0.1, 0.15) is 5.60 Å². The molecule has 1 heterocycles. The van der Waals surface area contributed by atoms with Gasteiger partial charge in [-0.15, -0.1) is 5.10 Å². The number of amidine groups is 1. The first-order valence-electron chi connectivity index (χ1n) is 11.6. The summed E-state index contributed by atoms with van der Waals surface area (Å²) in [7, 11) is 0. The Morgan fingerprint density at radius 3 is 2.19 bits per heavy atom. The number of halogens is 3. The number of hydrogen-bond donors (Lipinski definition) is 4. The van der Waals surface area contributed by atoms with Gasteiger partial charge in [-0.3, -0.25) is 0 Å². The fraction of sp³-hybridized carbons (Fsp3) is 0.269. The molecule has 0 saturated carbocycles. The molecule has 0 radical (unpaired) electrons. The fourth-order valence-electron chi connectivity index (χ4n) is 3.83. The van der Waals surface area contributed by atoms with Crippen molar-refractivity contribution in [2.24, 2.45) is 16.7 Å². The molecule has 1 saturated heterocycles. The highest BCUT2D eigenvalue weighted by atomic mass is 19.4. The van der Waals surface area contributed by atoms with Gasteiger partial charge >= 0.3 is 6.18 Å². The van der Waals surface area contributed by atoms with Crippen LogP contribution in [0.3, 0.4) is 0 Å². The summed E-state index contributed by atoms with van der Waals surface area (Å²) in [6.07, 6.45) is -4.40. The number of β-amino-alcohol motifs (C(OH)–C–C–N with tert-alkyl or cyclic N) is 1. The summed E-state index contributed by atoms with van der Waals surface area (Å²) in [5, 5.41) is 19.1. The number of benzene rings is 3. The van der Waals surface area contributed by atoms with Crippen LogP contribution in [0.4, 0.5) is 30.2 Å². The average Bonchev–Trinajstić information content (AvgIpc) is 2.84. The summed E-state index contributed by atoms with van der Waals surface area (Å²) in [5.41, 5.74) is 6.95. The van der Waals surface area contributed by atoms with Crippen LogP contribution in [-0.4, -0.2) is 41.3 Å². The van der Waals surface area contributed by atoms with E-state index in [2.05, 4.69) is 10.4 Å². The quantitative estimate of drug-likeness (QED) is 0.165. The Labute approximate surface area is 208 Å². The lowest BCUT2D eigenvalue weighted by Crippen LogP contribution is -2.66. The zero-order valence-corrected chi connectivity index (χ0v) is 20.2.